The number of aromatic nitrogens is 1. The molecule has 0 bridgehead atoms. The van der Waals surface area contributed by atoms with Crippen LogP contribution < -0.4 is 5.73 Å². The van der Waals surface area contributed by atoms with Gasteiger partial charge in [0.2, 0.25) is 5.89 Å². The zero-order valence-corrected chi connectivity index (χ0v) is 9.16. The molecular weight excluding hydrogens is 188 g/mol. The first-order valence-corrected chi connectivity index (χ1v) is 4.87. The molecule has 0 aliphatic rings. The summed E-state index contributed by atoms with van der Waals surface area (Å²) in [6.45, 7) is 5.90. The smallest absolute Gasteiger partial charge is 0.226 e. The molecule has 1 heterocycles. The lowest BCUT2D eigenvalue weighted by molar-refractivity contribution is 0.542. The van der Waals surface area contributed by atoms with Gasteiger partial charge in [-0.05, 0) is 38.0 Å². The van der Waals surface area contributed by atoms with Crippen LogP contribution in [0.2, 0.25) is 0 Å². The number of anilines is 1. The minimum absolute atomic E-state index is 0.636. The van der Waals surface area contributed by atoms with Gasteiger partial charge in [0.15, 0.2) is 0 Å². The standard InChI is InChI=1S/C12H14N2O/c1-7-4-8(2)11(13)5-10(7)12-14-6-9(3)15-12/h4-6H,13H2,1-3H3. The van der Waals surface area contributed by atoms with Crippen molar-refractivity contribution in [1.82, 2.24) is 4.98 Å². The zero-order valence-electron chi connectivity index (χ0n) is 9.16. The van der Waals surface area contributed by atoms with Gasteiger partial charge in [0.25, 0.3) is 0 Å². The molecule has 0 saturated heterocycles. The van der Waals surface area contributed by atoms with E-state index in [-0.39, 0.29) is 0 Å². The molecule has 2 aromatic rings. The van der Waals surface area contributed by atoms with Crippen molar-refractivity contribution in [2.45, 2.75) is 20.8 Å². The monoisotopic (exact) mass is 202 g/mol. The summed E-state index contributed by atoms with van der Waals surface area (Å²) >= 11 is 0. The van der Waals surface area contributed by atoms with Crippen LogP contribution in [0.25, 0.3) is 11.5 Å². The Morgan fingerprint density at radius 1 is 1.13 bits per heavy atom. The molecule has 3 heteroatoms. The first kappa shape index (κ1) is 9.77. The number of oxazole rings is 1. The van der Waals surface area contributed by atoms with Crippen LogP contribution in [0.1, 0.15) is 16.9 Å². The van der Waals surface area contributed by atoms with Crippen LogP contribution >= 0.6 is 0 Å². The van der Waals surface area contributed by atoms with Crippen molar-refractivity contribution in [3.05, 3.63) is 35.2 Å². The topological polar surface area (TPSA) is 52.0 Å². The SMILES string of the molecule is Cc1cnc(-c2cc(N)c(C)cc2C)o1. The molecule has 3 nitrogen and oxygen atoms in total. The Balaban J connectivity index is 2.58. The number of hydrogen-bond donors (Lipinski definition) is 1. The van der Waals surface area contributed by atoms with E-state index in [2.05, 4.69) is 4.98 Å². The third-order valence-corrected chi connectivity index (χ3v) is 2.46. The van der Waals surface area contributed by atoms with Crippen molar-refractivity contribution in [1.29, 1.82) is 0 Å². The lowest BCUT2D eigenvalue weighted by Gasteiger charge is -2.06. The summed E-state index contributed by atoms with van der Waals surface area (Å²) in [5, 5.41) is 0. The predicted molar refractivity (Wildman–Crippen MR) is 60.6 cm³/mol. The van der Waals surface area contributed by atoms with Gasteiger partial charge in [0, 0.05) is 11.3 Å². The Kier molecular flexibility index (Phi) is 2.23. The van der Waals surface area contributed by atoms with Crippen molar-refractivity contribution in [2.75, 3.05) is 5.73 Å². The molecule has 0 saturated carbocycles. The Morgan fingerprint density at radius 2 is 1.87 bits per heavy atom. The quantitative estimate of drug-likeness (QED) is 0.723. The van der Waals surface area contributed by atoms with Gasteiger partial charge in [-0.2, -0.15) is 0 Å². The highest BCUT2D eigenvalue weighted by Gasteiger charge is 2.09. The maximum Gasteiger partial charge on any atom is 0.226 e. The van der Waals surface area contributed by atoms with Crippen LogP contribution in [-0.4, -0.2) is 4.98 Å². The highest BCUT2D eigenvalue weighted by molar-refractivity contribution is 5.66. The van der Waals surface area contributed by atoms with E-state index in [0.717, 1.165) is 28.1 Å². The van der Waals surface area contributed by atoms with E-state index in [1.165, 1.54) is 0 Å². The first-order chi connectivity index (χ1) is 7.08. The summed E-state index contributed by atoms with van der Waals surface area (Å²) in [5.74, 6) is 1.44. The fourth-order valence-electron chi connectivity index (χ4n) is 1.58. The summed E-state index contributed by atoms with van der Waals surface area (Å²) < 4.78 is 5.48. The molecular formula is C12H14N2O. The van der Waals surface area contributed by atoms with Crippen LogP contribution in [-0.2, 0) is 0 Å². The number of nitrogen functional groups attached to an aromatic ring is 1. The fourth-order valence-corrected chi connectivity index (χ4v) is 1.58. The molecule has 78 valence electrons. The molecule has 1 aromatic carbocycles. The maximum absolute atomic E-state index is 5.86. The Morgan fingerprint density at radius 3 is 2.47 bits per heavy atom. The summed E-state index contributed by atoms with van der Waals surface area (Å²) in [7, 11) is 0. The maximum atomic E-state index is 5.86. The fraction of sp³-hybridized carbons (Fsp3) is 0.250. The van der Waals surface area contributed by atoms with Gasteiger partial charge in [0.05, 0.1) is 6.20 Å². The Bertz CT molecular complexity index is 500. The molecule has 0 aliphatic heterocycles. The van der Waals surface area contributed by atoms with Gasteiger partial charge in [0.1, 0.15) is 5.76 Å². The summed E-state index contributed by atoms with van der Waals surface area (Å²) in [6, 6.07) is 3.96. The molecule has 0 atom stereocenters. The molecule has 2 rings (SSSR count). The lowest BCUT2D eigenvalue weighted by atomic mass is 10.0. The lowest BCUT2D eigenvalue weighted by Crippen LogP contribution is -1.93. The van der Waals surface area contributed by atoms with Crippen molar-refractivity contribution in [2.24, 2.45) is 0 Å². The summed E-state index contributed by atoms with van der Waals surface area (Å²) in [5.41, 5.74) is 9.81. The van der Waals surface area contributed by atoms with E-state index >= 15 is 0 Å². The summed E-state index contributed by atoms with van der Waals surface area (Å²) in [4.78, 5) is 4.20. The van der Waals surface area contributed by atoms with Crippen molar-refractivity contribution < 1.29 is 4.42 Å². The van der Waals surface area contributed by atoms with E-state index in [0.29, 0.717) is 5.89 Å². The third kappa shape index (κ3) is 1.73. The molecule has 0 spiro atoms. The van der Waals surface area contributed by atoms with Gasteiger partial charge in [-0.1, -0.05) is 6.07 Å². The number of hydrogen-bond acceptors (Lipinski definition) is 3. The second-order valence-corrected chi connectivity index (χ2v) is 3.80. The average molecular weight is 202 g/mol. The highest BCUT2D eigenvalue weighted by atomic mass is 16.4. The normalized spacial score (nSPS) is 10.6. The number of nitrogens with zero attached hydrogens (tertiary/aromatic N) is 1. The van der Waals surface area contributed by atoms with Crippen LogP contribution in [0.4, 0.5) is 5.69 Å². The number of benzene rings is 1. The van der Waals surface area contributed by atoms with Crippen molar-refractivity contribution in [3.63, 3.8) is 0 Å². The molecule has 0 unspecified atom stereocenters. The zero-order chi connectivity index (χ0) is 11.0. The van der Waals surface area contributed by atoms with Crippen LogP contribution in [0.3, 0.4) is 0 Å². The van der Waals surface area contributed by atoms with Gasteiger partial charge in [-0.15, -0.1) is 0 Å². The first-order valence-electron chi connectivity index (χ1n) is 4.87. The molecule has 0 fully saturated rings. The van der Waals surface area contributed by atoms with E-state index in [9.17, 15) is 0 Å². The third-order valence-electron chi connectivity index (χ3n) is 2.46. The van der Waals surface area contributed by atoms with Crippen LogP contribution in [0.5, 0.6) is 0 Å². The molecule has 0 radical (unpaired) electrons. The highest BCUT2D eigenvalue weighted by Crippen LogP contribution is 2.27. The molecule has 1 aromatic heterocycles. The predicted octanol–water partition coefficient (Wildman–Crippen LogP) is 2.85. The van der Waals surface area contributed by atoms with Crippen LogP contribution in [0.15, 0.2) is 22.7 Å². The Labute approximate surface area is 88.9 Å². The van der Waals surface area contributed by atoms with Crippen molar-refractivity contribution >= 4 is 5.69 Å². The minimum Gasteiger partial charge on any atom is -0.441 e. The summed E-state index contributed by atoms with van der Waals surface area (Å²) in [6.07, 6.45) is 1.71. The average Bonchev–Trinajstić information content (AvgIpc) is 2.58. The van der Waals surface area contributed by atoms with E-state index in [4.69, 9.17) is 10.2 Å². The largest absolute Gasteiger partial charge is 0.441 e. The van der Waals surface area contributed by atoms with Gasteiger partial charge < -0.3 is 10.2 Å². The van der Waals surface area contributed by atoms with Gasteiger partial charge >= 0.3 is 0 Å². The van der Waals surface area contributed by atoms with E-state index in [1.54, 1.807) is 6.20 Å². The minimum atomic E-state index is 0.636. The van der Waals surface area contributed by atoms with Crippen LogP contribution in [0, 0.1) is 20.8 Å². The van der Waals surface area contributed by atoms with E-state index in [1.807, 2.05) is 32.9 Å². The number of rotatable bonds is 1. The second-order valence-electron chi connectivity index (χ2n) is 3.80. The number of aryl methyl sites for hydroxylation is 3. The van der Waals surface area contributed by atoms with Gasteiger partial charge in [-0.25, -0.2) is 4.98 Å². The molecule has 0 aliphatic carbocycles. The van der Waals surface area contributed by atoms with Gasteiger partial charge in [-0.3, -0.25) is 0 Å². The molecule has 0 amide bonds. The second kappa shape index (κ2) is 3.42. The molecule has 15 heavy (non-hydrogen) atoms. The van der Waals surface area contributed by atoms with E-state index < -0.39 is 0 Å². The molecule has 2 N–H and O–H groups in total. The van der Waals surface area contributed by atoms with Crippen molar-refractivity contribution in [3.8, 4) is 11.5 Å². The number of nitrogens with two attached hydrogens (primary N) is 1. The Hall–Kier alpha value is -1.77.